The SMILES string of the molecule is O=C(CC(F)(F)F)NC1(C(=O)N[C@@H]2CC(=O)c3ccccc3N(Cc3cc(C(F)(F)F)cc(C(F)(F)F)c3)C2=O)CC1. The van der Waals surface area contributed by atoms with Gasteiger partial charge in [0.15, 0.2) is 5.78 Å². The highest BCUT2D eigenvalue weighted by molar-refractivity contribution is 6.13. The molecule has 2 aromatic rings. The van der Waals surface area contributed by atoms with E-state index in [1.165, 1.54) is 24.3 Å². The Hall–Kier alpha value is -4.11. The molecule has 7 nitrogen and oxygen atoms in total. The predicted molar refractivity (Wildman–Crippen MR) is 126 cm³/mol. The summed E-state index contributed by atoms with van der Waals surface area (Å²) < 4.78 is 118. The maximum atomic E-state index is 13.6. The van der Waals surface area contributed by atoms with Crippen molar-refractivity contribution in [3.63, 3.8) is 0 Å². The standard InChI is InChI=1S/C26H20F9N3O4/c27-24(28,29)11-20(40)37-23(5-6-23)22(42)36-17-10-19(39)16-3-1-2-4-18(16)38(21(17)41)12-13-7-14(25(30,31)32)9-15(8-13)26(33,34)35/h1-4,7-9,17H,5-6,10-12H2,(H,36,42)(H,37,40)/t17-/m1/s1. The lowest BCUT2D eigenvalue weighted by Gasteiger charge is -2.28. The predicted octanol–water partition coefficient (Wildman–Crippen LogP) is 4.93. The lowest BCUT2D eigenvalue weighted by atomic mass is 10.0. The summed E-state index contributed by atoms with van der Waals surface area (Å²) in [5.74, 6) is -4.37. The average Bonchev–Trinajstić information content (AvgIpc) is 3.65. The van der Waals surface area contributed by atoms with Gasteiger partial charge in [0.2, 0.25) is 17.7 Å². The normalized spacial score (nSPS) is 18.7. The molecule has 2 aliphatic rings. The number of para-hydroxylation sites is 1. The number of hydrogen-bond acceptors (Lipinski definition) is 4. The number of carbonyl (C=O) groups is 4. The highest BCUT2D eigenvalue weighted by Gasteiger charge is 2.53. The van der Waals surface area contributed by atoms with Crippen LogP contribution in [0.1, 0.15) is 52.7 Å². The Balaban J connectivity index is 1.66. The summed E-state index contributed by atoms with van der Waals surface area (Å²) in [5.41, 5.74) is -5.88. The van der Waals surface area contributed by atoms with E-state index in [1.807, 2.05) is 5.32 Å². The molecular formula is C26H20F9N3O4. The molecule has 2 aromatic carbocycles. The second-order valence-electron chi connectivity index (χ2n) is 9.93. The molecular weight excluding hydrogens is 589 g/mol. The van der Waals surface area contributed by atoms with Crippen molar-refractivity contribution in [3.8, 4) is 0 Å². The summed E-state index contributed by atoms with van der Waals surface area (Å²) in [7, 11) is 0. The maximum absolute atomic E-state index is 13.6. The first-order valence-electron chi connectivity index (χ1n) is 12.2. The topological polar surface area (TPSA) is 95.6 Å². The lowest BCUT2D eigenvalue weighted by molar-refractivity contribution is -0.155. The fourth-order valence-corrected chi connectivity index (χ4v) is 4.53. The van der Waals surface area contributed by atoms with Crippen molar-refractivity contribution in [1.29, 1.82) is 0 Å². The van der Waals surface area contributed by atoms with Gasteiger partial charge < -0.3 is 15.5 Å². The van der Waals surface area contributed by atoms with Crippen LogP contribution in [0.4, 0.5) is 45.2 Å². The minimum Gasteiger partial charge on any atom is -0.342 e. The zero-order valence-corrected chi connectivity index (χ0v) is 21.1. The van der Waals surface area contributed by atoms with Gasteiger partial charge in [0.05, 0.1) is 23.4 Å². The lowest BCUT2D eigenvalue weighted by Crippen LogP contribution is -2.56. The molecule has 226 valence electrons. The number of ketones is 1. The number of benzene rings is 2. The first kappa shape index (κ1) is 30.8. The van der Waals surface area contributed by atoms with Gasteiger partial charge in [-0.15, -0.1) is 0 Å². The second kappa shape index (κ2) is 10.6. The van der Waals surface area contributed by atoms with Crippen LogP contribution in [0.3, 0.4) is 0 Å². The monoisotopic (exact) mass is 609 g/mol. The number of nitrogens with one attached hydrogen (secondary N) is 2. The maximum Gasteiger partial charge on any atom is 0.416 e. The van der Waals surface area contributed by atoms with Crippen LogP contribution in [0.15, 0.2) is 42.5 Å². The first-order chi connectivity index (χ1) is 19.3. The largest absolute Gasteiger partial charge is 0.416 e. The molecule has 1 atom stereocenters. The van der Waals surface area contributed by atoms with E-state index in [1.54, 1.807) is 0 Å². The zero-order valence-electron chi connectivity index (χ0n) is 21.1. The molecule has 1 fully saturated rings. The molecule has 1 aliphatic carbocycles. The number of anilines is 1. The Bertz CT molecular complexity index is 1400. The van der Waals surface area contributed by atoms with E-state index in [9.17, 15) is 58.7 Å². The third kappa shape index (κ3) is 6.85. The van der Waals surface area contributed by atoms with Crippen LogP contribution in [0, 0.1) is 0 Å². The number of nitrogens with zero attached hydrogens (tertiary/aromatic N) is 1. The van der Waals surface area contributed by atoms with Gasteiger partial charge in [-0.05, 0) is 48.7 Å². The van der Waals surface area contributed by atoms with Crippen molar-refractivity contribution in [2.24, 2.45) is 0 Å². The molecule has 2 N–H and O–H groups in total. The number of halogens is 9. The number of alkyl halides is 9. The number of hydrogen-bond donors (Lipinski definition) is 2. The Labute approximate surface area is 231 Å². The third-order valence-corrected chi connectivity index (χ3v) is 6.67. The van der Waals surface area contributed by atoms with E-state index >= 15 is 0 Å². The van der Waals surface area contributed by atoms with Crippen molar-refractivity contribution in [3.05, 3.63) is 64.7 Å². The van der Waals surface area contributed by atoms with Gasteiger partial charge in [0.25, 0.3) is 0 Å². The number of fused-ring (bicyclic) bond motifs is 1. The Morgan fingerprint density at radius 3 is 1.98 bits per heavy atom. The van der Waals surface area contributed by atoms with Gasteiger partial charge in [-0.2, -0.15) is 39.5 Å². The minimum atomic E-state index is -5.17. The van der Waals surface area contributed by atoms with Gasteiger partial charge in [0.1, 0.15) is 18.0 Å². The van der Waals surface area contributed by atoms with Gasteiger partial charge in [-0.3, -0.25) is 19.2 Å². The molecule has 16 heteroatoms. The van der Waals surface area contributed by atoms with Gasteiger partial charge in [-0.1, -0.05) is 12.1 Å². The first-order valence-corrected chi connectivity index (χ1v) is 12.2. The van der Waals surface area contributed by atoms with Gasteiger partial charge in [0, 0.05) is 12.0 Å². The van der Waals surface area contributed by atoms with E-state index < -0.39 is 89.7 Å². The van der Waals surface area contributed by atoms with Crippen molar-refractivity contribution >= 4 is 29.2 Å². The van der Waals surface area contributed by atoms with Crippen molar-refractivity contribution in [2.45, 2.75) is 62.3 Å². The molecule has 0 aromatic heterocycles. The molecule has 0 radical (unpaired) electrons. The smallest absolute Gasteiger partial charge is 0.342 e. The fraction of sp³-hybridized carbons (Fsp3) is 0.385. The summed E-state index contributed by atoms with van der Waals surface area (Å²) in [6.45, 7) is -0.865. The van der Waals surface area contributed by atoms with E-state index in [4.69, 9.17) is 0 Å². The average molecular weight is 609 g/mol. The van der Waals surface area contributed by atoms with E-state index in [0.717, 1.165) is 4.90 Å². The van der Waals surface area contributed by atoms with E-state index in [0.29, 0.717) is 12.1 Å². The molecule has 0 spiro atoms. The number of carbonyl (C=O) groups excluding carboxylic acids is 4. The van der Waals surface area contributed by atoms with Gasteiger partial charge >= 0.3 is 18.5 Å². The fourth-order valence-electron chi connectivity index (χ4n) is 4.53. The quantitative estimate of drug-likeness (QED) is 0.455. The summed E-state index contributed by atoms with van der Waals surface area (Å²) in [6, 6.07) is 4.33. The summed E-state index contributed by atoms with van der Waals surface area (Å²) >= 11 is 0. The minimum absolute atomic E-state index is 0.0777. The Kier molecular flexibility index (Phi) is 7.80. The molecule has 4 rings (SSSR count). The molecule has 1 heterocycles. The van der Waals surface area contributed by atoms with Crippen LogP contribution in [0.5, 0.6) is 0 Å². The highest BCUT2D eigenvalue weighted by Crippen LogP contribution is 2.39. The molecule has 0 bridgehead atoms. The van der Waals surface area contributed by atoms with E-state index in [2.05, 4.69) is 5.32 Å². The number of amides is 3. The number of Topliss-reactive ketones (excluding diaryl/α,β-unsaturated/α-hetero) is 1. The summed E-state index contributed by atoms with van der Waals surface area (Å²) in [6.07, 6.45) is -17.9. The number of rotatable bonds is 6. The molecule has 1 aliphatic heterocycles. The molecule has 42 heavy (non-hydrogen) atoms. The van der Waals surface area contributed by atoms with Gasteiger partial charge in [-0.25, -0.2) is 0 Å². The van der Waals surface area contributed by atoms with E-state index in [-0.39, 0.29) is 30.2 Å². The summed E-state index contributed by atoms with van der Waals surface area (Å²) in [4.78, 5) is 52.1. The van der Waals surface area contributed by atoms with Crippen LogP contribution in [0.2, 0.25) is 0 Å². The van der Waals surface area contributed by atoms with Crippen molar-refractivity contribution in [1.82, 2.24) is 10.6 Å². The third-order valence-electron chi connectivity index (χ3n) is 6.67. The van der Waals surface area contributed by atoms with Crippen LogP contribution < -0.4 is 15.5 Å². The van der Waals surface area contributed by atoms with Crippen LogP contribution in [-0.2, 0) is 33.3 Å². The van der Waals surface area contributed by atoms with Crippen LogP contribution in [0.25, 0.3) is 0 Å². The van der Waals surface area contributed by atoms with Crippen molar-refractivity contribution < 1.29 is 58.7 Å². The zero-order chi connectivity index (χ0) is 31.3. The Morgan fingerprint density at radius 2 is 1.45 bits per heavy atom. The Morgan fingerprint density at radius 1 is 0.881 bits per heavy atom. The van der Waals surface area contributed by atoms with Crippen LogP contribution in [-0.4, -0.2) is 41.3 Å². The second-order valence-corrected chi connectivity index (χ2v) is 9.93. The molecule has 0 unspecified atom stereocenters. The van der Waals surface area contributed by atoms with Crippen LogP contribution >= 0.6 is 0 Å². The summed E-state index contributed by atoms with van der Waals surface area (Å²) in [5, 5.41) is 4.19. The van der Waals surface area contributed by atoms with Crippen molar-refractivity contribution in [2.75, 3.05) is 4.90 Å². The molecule has 1 saturated carbocycles. The molecule has 0 saturated heterocycles. The molecule has 3 amide bonds. The highest BCUT2D eigenvalue weighted by atomic mass is 19.4.